The number of carbonyl (C=O) groups excluding carboxylic acids is 2. The largest absolute Gasteiger partial charge is 0.462 e. The molecule has 0 aliphatic heterocycles. The van der Waals surface area contributed by atoms with Crippen molar-refractivity contribution >= 4 is 28.8 Å². The van der Waals surface area contributed by atoms with E-state index in [1.807, 2.05) is 6.92 Å². The highest BCUT2D eigenvalue weighted by Gasteiger charge is 2.21. The molecule has 10 heteroatoms. The number of amides is 2. The van der Waals surface area contributed by atoms with Crippen LogP contribution in [0.3, 0.4) is 0 Å². The van der Waals surface area contributed by atoms with Crippen LogP contribution in [0.2, 0.25) is 0 Å². The molecule has 3 rings (SSSR count). The standard InChI is InChI=1S/C20H18F3N3O3S/c1-2-7-26(10-16(27)25-14-6-5-13(21)18(22)19(14)23)17(28)9-12-11-30-20(24-12)15-4-3-8-29-15/h3-6,8,11H,2,7,9-10H2,1H3,(H,25,27). The Morgan fingerprint density at radius 3 is 2.70 bits per heavy atom. The van der Waals surface area contributed by atoms with Crippen molar-refractivity contribution in [2.75, 3.05) is 18.4 Å². The molecule has 1 N–H and O–H groups in total. The topological polar surface area (TPSA) is 75.4 Å². The smallest absolute Gasteiger partial charge is 0.244 e. The van der Waals surface area contributed by atoms with Gasteiger partial charge in [-0.2, -0.15) is 0 Å². The molecule has 1 aromatic carbocycles. The average Bonchev–Trinajstić information content (AvgIpc) is 3.40. The van der Waals surface area contributed by atoms with Crippen LogP contribution in [0.25, 0.3) is 10.8 Å². The highest BCUT2D eigenvalue weighted by Crippen LogP contribution is 2.24. The molecule has 2 amide bonds. The van der Waals surface area contributed by atoms with Crippen molar-refractivity contribution in [1.82, 2.24) is 9.88 Å². The summed E-state index contributed by atoms with van der Waals surface area (Å²) >= 11 is 1.33. The Morgan fingerprint density at radius 1 is 1.20 bits per heavy atom. The number of nitrogens with zero attached hydrogens (tertiary/aromatic N) is 2. The van der Waals surface area contributed by atoms with Crippen LogP contribution in [-0.4, -0.2) is 34.8 Å². The Bertz CT molecular complexity index is 1040. The predicted octanol–water partition coefficient (Wildman–Crippen LogP) is 4.24. The molecule has 2 aromatic heterocycles. The second kappa shape index (κ2) is 9.57. The van der Waals surface area contributed by atoms with E-state index in [0.717, 1.165) is 6.07 Å². The van der Waals surface area contributed by atoms with Gasteiger partial charge in [-0.1, -0.05) is 6.92 Å². The van der Waals surface area contributed by atoms with Crippen LogP contribution in [0, 0.1) is 17.5 Å². The lowest BCUT2D eigenvalue weighted by Crippen LogP contribution is -2.39. The zero-order valence-corrected chi connectivity index (χ0v) is 16.8. The van der Waals surface area contributed by atoms with Crippen molar-refractivity contribution in [3.05, 3.63) is 59.1 Å². The maximum absolute atomic E-state index is 13.7. The first-order valence-electron chi connectivity index (χ1n) is 9.08. The van der Waals surface area contributed by atoms with Crippen molar-refractivity contribution in [2.45, 2.75) is 19.8 Å². The third kappa shape index (κ3) is 5.07. The third-order valence-corrected chi connectivity index (χ3v) is 5.01. The second-order valence-corrected chi connectivity index (χ2v) is 7.24. The quantitative estimate of drug-likeness (QED) is 0.535. The lowest BCUT2D eigenvalue weighted by molar-refractivity contribution is -0.134. The van der Waals surface area contributed by atoms with Gasteiger partial charge in [0, 0.05) is 11.9 Å². The number of benzene rings is 1. The van der Waals surface area contributed by atoms with Crippen molar-refractivity contribution in [3.8, 4) is 10.8 Å². The fourth-order valence-corrected chi connectivity index (χ4v) is 3.50. The molecule has 0 unspecified atom stereocenters. The fraction of sp³-hybridized carbons (Fsp3) is 0.250. The monoisotopic (exact) mass is 437 g/mol. The van der Waals surface area contributed by atoms with Crippen molar-refractivity contribution in [3.63, 3.8) is 0 Å². The number of anilines is 1. The van der Waals surface area contributed by atoms with E-state index in [0.29, 0.717) is 35.5 Å². The van der Waals surface area contributed by atoms with Gasteiger partial charge in [-0.3, -0.25) is 9.59 Å². The zero-order valence-electron chi connectivity index (χ0n) is 16.0. The molecule has 0 atom stereocenters. The van der Waals surface area contributed by atoms with Crippen molar-refractivity contribution in [2.24, 2.45) is 0 Å². The number of hydrogen-bond acceptors (Lipinski definition) is 5. The van der Waals surface area contributed by atoms with Gasteiger partial charge < -0.3 is 14.6 Å². The Hall–Kier alpha value is -3.14. The summed E-state index contributed by atoms with van der Waals surface area (Å²) in [6.07, 6.45) is 2.09. The Morgan fingerprint density at radius 2 is 2.00 bits per heavy atom. The molecular weight excluding hydrogens is 419 g/mol. The van der Waals surface area contributed by atoms with Crippen LogP contribution in [0.15, 0.2) is 40.3 Å². The van der Waals surface area contributed by atoms with Gasteiger partial charge in [0.05, 0.1) is 30.6 Å². The van der Waals surface area contributed by atoms with Crippen molar-refractivity contribution < 1.29 is 27.2 Å². The third-order valence-electron chi connectivity index (χ3n) is 4.11. The van der Waals surface area contributed by atoms with E-state index in [1.54, 1.807) is 17.5 Å². The molecule has 3 aromatic rings. The highest BCUT2D eigenvalue weighted by atomic mass is 32.1. The Balaban J connectivity index is 1.64. The van der Waals surface area contributed by atoms with Crippen LogP contribution in [0.5, 0.6) is 0 Å². The number of hydrogen-bond donors (Lipinski definition) is 1. The Labute approximate surface area is 174 Å². The van der Waals surface area contributed by atoms with Gasteiger partial charge in [0.2, 0.25) is 11.8 Å². The molecule has 0 radical (unpaired) electrons. The molecule has 0 aliphatic carbocycles. The number of thiazole rings is 1. The first-order valence-corrected chi connectivity index (χ1v) is 9.96. The minimum Gasteiger partial charge on any atom is -0.462 e. The second-order valence-electron chi connectivity index (χ2n) is 6.38. The minimum atomic E-state index is -1.68. The summed E-state index contributed by atoms with van der Waals surface area (Å²) in [5, 5.41) is 4.54. The minimum absolute atomic E-state index is 0.0238. The van der Waals surface area contributed by atoms with E-state index in [4.69, 9.17) is 4.42 Å². The molecule has 0 bridgehead atoms. The molecule has 0 saturated carbocycles. The molecule has 158 valence electrons. The zero-order chi connectivity index (χ0) is 21.7. The fourth-order valence-electron chi connectivity index (χ4n) is 2.72. The van der Waals surface area contributed by atoms with Crippen LogP contribution in [0.1, 0.15) is 19.0 Å². The van der Waals surface area contributed by atoms with Gasteiger partial charge in [-0.05, 0) is 30.7 Å². The van der Waals surface area contributed by atoms with Crippen molar-refractivity contribution in [1.29, 1.82) is 0 Å². The van der Waals surface area contributed by atoms with Crippen LogP contribution >= 0.6 is 11.3 Å². The summed E-state index contributed by atoms with van der Waals surface area (Å²) in [5.41, 5.74) is 0.0370. The first-order chi connectivity index (χ1) is 14.4. The summed E-state index contributed by atoms with van der Waals surface area (Å²) < 4.78 is 45.4. The number of nitrogens with one attached hydrogen (secondary N) is 1. The van der Waals surface area contributed by atoms with Gasteiger partial charge in [0.15, 0.2) is 28.2 Å². The summed E-state index contributed by atoms with van der Waals surface area (Å²) in [7, 11) is 0. The van der Waals surface area contributed by atoms with Crippen LogP contribution in [-0.2, 0) is 16.0 Å². The van der Waals surface area contributed by atoms with Gasteiger partial charge in [-0.25, -0.2) is 18.2 Å². The van der Waals surface area contributed by atoms with Gasteiger partial charge in [0.25, 0.3) is 0 Å². The van der Waals surface area contributed by atoms with Crippen LogP contribution in [0.4, 0.5) is 18.9 Å². The molecule has 30 heavy (non-hydrogen) atoms. The molecule has 6 nitrogen and oxygen atoms in total. The Kier molecular flexibility index (Phi) is 6.88. The molecule has 0 spiro atoms. The van der Waals surface area contributed by atoms with E-state index in [9.17, 15) is 22.8 Å². The van der Waals surface area contributed by atoms with E-state index >= 15 is 0 Å². The van der Waals surface area contributed by atoms with E-state index < -0.39 is 29.0 Å². The summed E-state index contributed by atoms with van der Waals surface area (Å²) in [6.45, 7) is 1.77. The number of aromatic nitrogens is 1. The molecule has 0 saturated heterocycles. The average molecular weight is 437 g/mol. The number of rotatable bonds is 8. The van der Waals surface area contributed by atoms with Gasteiger partial charge in [-0.15, -0.1) is 11.3 Å². The van der Waals surface area contributed by atoms with Crippen LogP contribution < -0.4 is 5.32 Å². The maximum Gasteiger partial charge on any atom is 0.244 e. The van der Waals surface area contributed by atoms with Gasteiger partial charge in [0.1, 0.15) is 0 Å². The number of carbonyl (C=O) groups is 2. The summed E-state index contributed by atoms with van der Waals surface area (Å²) in [4.78, 5) is 30.6. The SMILES string of the molecule is CCCN(CC(=O)Nc1ccc(F)c(F)c1F)C(=O)Cc1csc(-c2ccco2)n1. The molecule has 2 heterocycles. The molecule has 0 aliphatic rings. The van der Waals surface area contributed by atoms with Gasteiger partial charge >= 0.3 is 0 Å². The van der Waals surface area contributed by atoms with E-state index in [1.165, 1.54) is 22.5 Å². The summed E-state index contributed by atoms with van der Waals surface area (Å²) in [5.74, 6) is -5.00. The maximum atomic E-state index is 13.7. The highest BCUT2D eigenvalue weighted by molar-refractivity contribution is 7.13. The summed E-state index contributed by atoms with van der Waals surface area (Å²) in [6, 6.07) is 5.12. The van der Waals surface area contributed by atoms with E-state index in [2.05, 4.69) is 10.3 Å². The number of halogens is 3. The molecule has 0 fully saturated rings. The molecular formula is C20H18F3N3O3S. The lowest BCUT2D eigenvalue weighted by atomic mass is 10.2. The normalized spacial score (nSPS) is 10.8. The lowest BCUT2D eigenvalue weighted by Gasteiger charge is -2.21. The number of furan rings is 1. The van der Waals surface area contributed by atoms with E-state index in [-0.39, 0.29) is 18.9 Å². The predicted molar refractivity (Wildman–Crippen MR) is 105 cm³/mol. The first kappa shape index (κ1) is 21.6.